The van der Waals surface area contributed by atoms with E-state index in [1.54, 1.807) is 7.11 Å². The number of nitrogens with one attached hydrogen (secondary N) is 2. The molecule has 0 spiro atoms. The van der Waals surface area contributed by atoms with Crippen LogP contribution in [0.2, 0.25) is 0 Å². The van der Waals surface area contributed by atoms with E-state index >= 15 is 0 Å². The van der Waals surface area contributed by atoms with E-state index in [0.717, 1.165) is 44.4 Å². The van der Waals surface area contributed by atoms with Gasteiger partial charge in [-0.25, -0.2) is 0 Å². The Kier molecular flexibility index (Phi) is 7.24. The Morgan fingerprint density at radius 1 is 1.07 bits per heavy atom. The van der Waals surface area contributed by atoms with Crippen molar-refractivity contribution in [2.45, 2.75) is 6.54 Å². The van der Waals surface area contributed by atoms with Crippen molar-refractivity contribution in [3.8, 4) is 5.75 Å². The number of hydrogen-bond donors (Lipinski definition) is 2. The maximum Gasteiger partial charge on any atom is 0.194 e. The van der Waals surface area contributed by atoms with Gasteiger partial charge >= 0.3 is 0 Å². The van der Waals surface area contributed by atoms with Gasteiger partial charge in [-0.1, -0.05) is 18.2 Å². The second-order valence-electron chi connectivity index (χ2n) is 6.95. The van der Waals surface area contributed by atoms with Crippen molar-refractivity contribution in [1.82, 2.24) is 15.2 Å². The number of nitrogens with zero attached hydrogens (tertiary/aromatic N) is 3. The van der Waals surface area contributed by atoms with Gasteiger partial charge in [0.25, 0.3) is 0 Å². The number of benzene rings is 2. The number of anilines is 1. The Hall–Kier alpha value is -2.42. The van der Waals surface area contributed by atoms with Crippen molar-refractivity contribution in [2.24, 2.45) is 4.99 Å². The van der Waals surface area contributed by atoms with Crippen LogP contribution in [-0.4, -0.2) is 56.2 Å². The number of fused-ring (bicyclic) bond motifs is 1. The van der Waals surface area contributed by atoms with Crippen molar-refractivity contribution in [1.29, 1.82) is 0 Å². The first kappa shape index (κ1) is 21.3. The first-order chi connectivity index (χ1) is 13.8. The zero-order valence-electron chi connectivity index (χ0n) is 16.9. The van der Waals surface area contributed by atoms with Crippen LogP contribution in [0.4, 0.5) is 5.69 Å². The van der Waals surface area contributed by atoms with E-state index in [1.807, 2.05) is 19.2 Å². The van der Waals surface area contributed by atoms with E-state index in [2.05, 4.69) is 67.6 Å². The maximum absolute atomic E-state index is 5.25. The quantitative estimate of drug-likeness (QED) is 0.323. The number of rotatable bonds is 4. The van der Waals surface area contributed by atoms with Crippen LogP contribution in [0.5, 0.6) is 5.75 Å². The Morgan fingerprint density at radius 3 is 2.45 bits per heavy atom. The molecule has 2 aromatic carbocycles. The molecule has 6 nitrogen and oxygen atoms in total. The summed E-state index contributed by atoms with van der Waals surface area (Å²) in [5.41, 5.74) is 3.57. The number of para-hydroxylation sites is 1. The van der Waals surface area contributed by atoms with Crippen LogP contribution in [0.1, 0.15) is 5.69 Å². The second kappa shape index (κ2) is 9.87. The zero-order valence-corrected chi connectivity index (χ0v) is 19.2. The van der Waals surface area contributed by atoms with Crippen molar-refractivity contribution in [3.63, 3.8) is 0 Å². The van der Waals surface area contributed by atoms with Crippen LogP contribution in [-0.2, 0) is 6.54 Å². The molecule has 3 aromatic rings. The summed E-state index contributed by atoms with van der Waals surface area (Å²) in [4.78, 5) is 12.7. The number of H-pyrrole nitrogens is 1. The van der Waals surface area contributed by atoms with Gasteiger partial charge in [-0.2, -0.15) is 0 Å². The molecule has 0 amide bonds. The molecule has 1 aromatic heterocycles. The minimum atomic E-state index is 0. The predicted octanol–water partition coefficient (Wildman–Crippen LogP) is 3.69. The molecular weight excluding hydrogens is 477 g/mol. The lowest BCUT2D eigenvalue weighted by Crippen LogP contribution is -2.52. The number of guanidine groups is 1. The summed E-state index contributed by atoms with van der Waals surface area (Å²) in [7, 11) is 3.55. The topological polar surface area (TPSA) is 55.9 Å². The fourth-order valence-electron chi connectivity index (χ4n) is 3.70. The Bertz CT molecular complexity index is 912. The van der Waals surface area contributed by atoms with Crippen molar-refractivity contribution >= 4 is 46.5 Å². The molecule has 2 heterocycles. The number of ether oxygens (including phenoxy) is 1. The van der Waals surface area contributed by atoms with Crippen molar-refractivity contribution in [3.05, 3.63) is 60.3 Å². The molecule has 0 atom stereocenters. The summed E-state index contributed by atoms with van der Waals surface area (Å²) in [5, 5.41) is 4.73. The summed E-state index contributed by atoms with van der Waals surface area (Å²) in [6.45, 7) is 4.57. The van der Waals surface area contributed by atoms with Gasteiger partial charge in [0.2, 0.25) is 0 Å². The number of hydrogen-bond acceptors (Lipinski definition) is 3. The first-order valence-corrected chi connectivity index (χ1v) is 9.68. The van der Waals surface area contributed by atoms with Crippen LogP contribution in [0, 0.1) is 0 Å². The molecule has 7 heteroatoms. The molecule has 0 unspecified atom stereocenters. The third-order valence-corrected chi connectivity index (χ3v) is 5.25. The van der Waals surface area contributed by atoms with Crippen molar-refractivity contribution in [2.75, 3.05) is 45.2 Å². The molecule has 1 saturated heterocycles. The third-order valence-electron chi connectivity index (χ3n) is 5.25. The van der Waals surface area contributed by atoms with E-state index in [-0.39, 0.29) is 24.0 Å². The number of aromatic amines is 1. The molecule has 4 rings (SSSR count). The number of aromatic nitrogens is 1. The summed E-state index contributed by atoms with van der Waals surface area (Å²) in [6.07, 6.45) is 0. The molecule has 1 fully saturated rings. The normalized spacial score (nSPS) is 14.6. The highest BCUT2D eigenvalue weighted by Crippen LogP contribution is 2.20. The van der Waals surface area contributed by atoms with Gasteiger partial charge in [0.05, 0.1) is 13.7 Å². The molecule has 0 saturated carbocycles. The predicted molar refractivity (Wildman–Crippen MR) is 131 cm³/mol. The highest BCUT2D eigenvalue weighted by molar-refractivity contribution is 14.0. The molecular formula is C22H28IN5O. The molecule has 29 heavy (non-hydrogen) atoms. The molecule has 0 radical (unpaired) electrons. The zero-order chi connectivity index (χ0) is 19.3. The van der Waals surface area contributed by atoms with Gasteiger partial charge in [0, 0.05) is 50.1 Å². The minimum absolute atomic E-state index is 0. The van der Waals surface area contributed by atoms with Crippen LogP contribution in [0.3, 0.4) is 0 Å². The van der Waals surface area contributed by atoms with Crippen LogP contribution in [0.25, 0.3) is 10.9 Å². The Morgan fingerprint density at radius 2 is 1.79 bits per heavy atom. The standard InChI is InChI=1S/C22H27N5O.HI/c1-23-22(24-16-18-15-17-5-3-4-6-21(17)25-18)27-13-11-26(12-14-27)19-7-9-20(28-2)10-8-19;/h3-10,15,25H,11-14,16H2,1-2H3,(H,23,24);1H. The molecule has 154 valence electrons. The smallest absolute Gasteiger partial charge is 0.194 e. The maximum atomic E-state index is 5.25. The summed E-state index contributed by atoms with van der Waals surface area (Å²) in [5.74, 6) is 1.84. The Balaban J connectivity index is 0.00000240. The summed E-state index contributed by atoms with van der Waals surface area (Å²) < 4.78 is 5.25. The molecule has 0 bridgehead atoms. The van der Waals surface area contributed by atoms with E-state index in [9.17, 15) is 0 Å². The molecule has 0 aliphatic carbocycles. The van der Waals surface area contributed by atoms with Gasteiger partial charge in [-0.15, -0.1) is 24.0 Å². The first-order valence-electron chi connectivity index (χ1n) is 9.68. The lowest BCUT2D eigenvalue weighted by atomic mass is 10.2. The highest BCUT2D eigenvalue weighted by Gasteiger charge is 2.20. The van der Waals surface area contributed by atoms with Gasteiger partial charge in [-0.3, -0.25) is 4.99 Å². The number of halogens is 1. The van der Waals surface area contributed by atoms with Gasteiger partial charge in [0.1, 0.15) is 5.75 Å². The molecule has 1 aliphatic rings. The number of aliphatic imine (C=N–C) groups is 1. The van der Waals surface area contributed by atoms with Crippen molar-refractivity contribution < 1.29 is 4.74 Å². The molecule has 2 N–H and O–H groups in total. The lowest BCUT2D eigenvalue weighted by molar-refractivity contribution is 0.372. The summed E-state index contributed by atoms with van der Waals surface area (Å²) in [6, 6.07) is 18.8. The van der Waals surface area contributed by atoms with Gasteiger partial charge in [-0.05, 0) is 41.8 Å². The van der Waals surface area contributed by atoms with E-state index in [4.69, 9.17) is 4.74 Å². The second-order valence-corrected chi connectivity index (χ2v) is 6.95. The number of methoxy groups -OCH3 is 1. The van der Waals surface area contributed by atoms with Crippen LogP contribution >= 0.6 is 24.0 Å². The van der Waals surface area contributed by atoms with Gasteiger partial charge in [0.15, 0.2) is 5.96 Å². The average Bonchev–Trinajstić information content (AvgIpc) is 3.18. The average molecular weight is 505 g/mol. The fourth-order valence-corrected chi connectivity index (χ4v) is 3.70. The van der Waals surface area contributed by atoms with E-state index in [0.29, 0.717) is 0 Å². The van der Waals surface area contributed by atoms with Gasteiger partial charge < -0.3 is 24.8 Å². The highest BCUT2D eigenvalue weighted by atomic mass is 127. The van der Waals surface area contributed by atoms with Crippen LogP contribution < -0.4 is 15.0 Å². The van der Waals surface area contributed by atoms with E-state index < -0.39 is 0 Å². The monoisotopic (exact) mass is 505 g/mol. The number of piperazine rings is 1. The molecule has 1 aliphatic heterocycles. The Labute approximate surface area is 189 Å². The SMILES string of the molecule is CN=C(NCc1cc2ccccc2[nH]1)N1CCN(c2ccc(OC)cc2)CC1.I. The fraction of sp³-hybridized carbons (Fsp3) is 0.318. The largest absolute Gasteiger partial charge is 0.497 e. The minimum Gasteiger partial charge on any atom is -0.497 e. The lowest BCUT2D eigenvalue weighted by Gasteiger charge is -2.37. The van der Waals surface area contributed by atoms with Crippen LogP contribution in [0.15, 0.2) is 59.6 Å². The summed E-state index contributed by atoms with van der Waals surface area (Å²) >= 11 is 0. The van der Waals surface area contributed by atoms with E-state index in [1.165, 1.54) is 22.3 Å². The third kappa shape index (κ3) is 4.95.